The van der Waals surface area contributed by atoms with Crippen LogP contribution in [-0.2, 0) is 4.79 Å². The van der Waals surface area contributed by atoms with Gasteiger partial charge in [0, 0.05) is 25.7 Å². The Labute approximate surface area is 130 Å². The van der Waals surface area contributed by atoms with Crippen LogP contribution in [0.1, 0.15) is 51.9 Å². The highest BCUT2D eigenvalue weighted by atomic mass is 16.2. The number of nitrogens with two attached hydrogens (primary N) is 1. The molecule has 0 aromatic carbocycles. The normalized spacial score (nSPS) is 27.5. The first-order valence-electron chi connectivity index (χ1n) is 8.84. The van der Waals surface area contributed by atoms with Crippen molar-refractivity contribution < 1.29 is 4.79 Å². The van der Waals surface area contributed by atoms with E-state index in [4.69, 9.17) is 5.73 Å². The number of carbonyl (C=O) groups is 1. The van der Waals surface area contributed by atoms with Crippen LogP contribution >= 0.6 is 0 Å². The first kappa shape index (κ1) is 16.8. The molecule has 0 aromatic rings. The van der Waals surface area contributed by atoms with Crippen LogP contribution in [0.25, 0.3) is 0 Å². The summed E-state index contributed by atoms with van der Waals surface area (Å²) >= 11 is 0. The van der Waals surface area contributed by atoms with E-state index in [0.29, 0.717) is 5.91 Å². The molecular formula is C17H33N3O. The van der Waals surface area contributed by atoms with Crippen LogP contribution < -0.4 is 5.73 Å². The minimum atomic E-state index is 0.105. The lowest BCUT2D eigenvalue weighted by Gasteiger charge is -2.35. The average Bonchev–Trinajstić information content (AvgIpc) is 2.91. The van der Waals surface area contributed by atoms with Gasteiger partial charge < -0.3 is 15.5 Å². The summed E-state index contributed by atoms with van der Waals surface area (Å²) in [5.74, 6) is 1.19. The Morgan fingerprint density at radius 3 is 2.52 bits per heavy atom. The molecule has 0 radical (unpaired) electrons. The first-order chi connectivity index (χ1) is 10.1. The average molecular weight is 295 g/mol. The lowest BCUT2D eigenvalue weighted by atomic mass is 9.94. The highest BCUT2D eigenvalue weighted by molar-refractivity contribution is 5.80. The van der Waals surface area contributed by atoms with Gasteiger partial charge in [0.25, 0.3) is 0 Å². The smallest absolute Gasteiger partial charge is 0.227 e. The minimum absolute atomic E-state index is 0.105. The number of piperidine rings is 1. The van der Waals surface area contributed by atoms with E-state index < -0.39 is 0 Å². The zero-order chi connectivity index (χ0) is 15.2. The van der Waals surface area contributed by atoms with Gasteiger partial charge in [0.1, 0.15) is 0 Å². The quantitative estimate of drug-likeness (QED) is 0.816. The van der Waals surface area contributed by atoms with Gasteiger partial charge in [0.05, 0.1) is 5.92 Å². The maximum absolute atomic E-state index is 12.5. The van der Waals surface area contributed by atoms with Crippen molar-refractivity contribution in [2.45, 2.75) is 57.9 Å². The van der Waals surface area contributed by atoms with E-state index in [1.165, 1.54) is 25.9 Å². The Morgan fingerprint density at radius 2 is 1.95 bits per heavy atom. The molecule has 0 spiro atoms. The third kappa shape index (κ3) is 4.68. The number of hydrogen-bond acceptors (Lipinski definition) is 3. The Morgan fingerprint density at radius 1 is 1.24 bits per heavy atom. The monoisotopic (exact) mass is 295 g/mol. The van der Waals surface area contributed by atoms with Crippen molar-refractivity contribution in [1.82, 2.24) is 9.80 Å². The summed E-state index contributed by atoms with van der Waals surface area (Å²) < 4.78 is 0. The highest BCUT2D eigenvalue weighted by Crippen LogP contribution is 2.28. The summed E-state index contributed by atoms with van der Waals surface area (Å²) in [6.45, 7) is 6.51. The Hall–Kier alpha value is -0.610. The SMILES string of the molecule is CCCCN(C)CC1CCN(C(=O)C2CCCC2N)CC1. The summed E-state index contributed by atoms with van der Waals surface area (Å²) in [7, 11) is 2.23. The second kappa shape index (κ2) is 8.14. The predicted octanol–water partition coefficient (Wildman–Crippen LogP) is 2.08. The van der Waals surface area contributed by atoms with Gasteiger partial charge in [-0.3, -0.25) is 4.79 Å². The van der Waals surface area contributed by atoms with E-state index in [-0.39, 0.29) is 12.0 Å². The number of unbranched alkanes of at least 4 members (excludes halogenated alkanes) is 1. The van der Waals surface area contributed by atoms with E-state index >= 15 is 0 Å². The van der Waals surface area contributed by atoms with E-state index in [9.17, 15) is 4.79 Å². The third-order valence-electron chi connectivity index (χ3n) is 5.28. The van der Waals surface area contributed by atoms with Crippen LogP contribution in [0.2, 0.25) is 0 Å². The standard InChI is InChI=1S/C17H33N3O/c1-3-4-10-19(2)13-14-8-11-20(12-9-14)17(21)15-6-5-7-16(15)18/h14-16H,3-13,18H2,1-2H3. The first-order valence-corrected chi connectivity index (χ1v) is 8.84. The minimum Gasteiger partial charge on any atom is -0.342 e. The number of hydrogen-bond donors (Lipinski definition) is 1. The van der Waals surface area contributed by atoms with Crippen LogP contribution in [0.3, 0.4) is 0 Å². The van der Waals surface area contributed by atoms with E-state index in [2.05, 4.69) is 23.8 Å². The van der Waals surface area contributed by atoms with Gasteiger partial charge in [-0.05, 0) is 51.6 Å². The van der Waals surface area contributed by atoms with Crippen molar-refractivity contribution >= 4 is 5.91 Å². The highest BCUT2D eigenvalue weighted by Gasteiger charge is 2.34. The molecule has 1 aliphatic heterocycles. The molecule has 4 heteroatoms. The van der Waals surface area contributed by atoms with Gasteiger partial charge in [-0.1, -0.05) is 19.8 Å². The Kier molecular flexibility index (Phi) is 6.49. The lowest BCUT2D eigenvalue weighted by Crippen LogP contribution is -2.46. The maximum Gasteiger partial charge on any atom is 0.227 e. The molecule has 21 heavy (non-hydrogen) atoms. The summed E-state index contributed by atoms with van der Waals surface area (Å²) in [6, 6.07) is 0.107. The number of nitrogens with zero attached hydrogens (tertiary/aromatic N) is 2. The second-order valence-corrected chi connectivity index (χ2v) is 7.09. The fourth-order valence-electron chi connectivity index (χ4n) is 3.83. The van der Waals surface area contributed by atoms with Crippen LogP contribution in [0, 0.1) is 11.8 Å². The van der Waals surface area contributed by atoms with E-state index in [0.717, 1.165) is 51.1 Å². The largest absolute Gasteiger partial charge is 0.342 e. The zero-order valence-corrected chi connectivity index (χ0v) is 13.9. The molecule has 4 nitrogen and oxygen atoms in total. The molecule has 0 aromatic heterocycles. The lowest BCUT2D eigenvalue weighted by molar-refractivity contribution is -0.137. The third-order valence-corrected chi connectivity index (χ3v) is 5.28. The van der Waals surface area contributed by atoms with Gasteiger partial charge in [0.2, 0.25) is 5.91 Å². The zero-order valence-electron chi connectivity index (χ0n) is 13.9. The van der Waals surface area contributed by atoms with Crippen molar-refractivity contribution in [3.05, 3.63) is 0 Å². The number of amides is 1. The molecule has 2 atom stereocenters. The topological polar surface area (TPSA) is 49.6 Å². The molecule has 2 N–H and O–H groups in total. The number of likely N-dealkylation sites (tertiary alicyclic amines) is 1. The molecule has 1 saturated carbocycles. The van der Waals surface area contributed by atoms with E-state index in [1.807, 2.05) is 0 Å². The molecule has 2 aliphatic rings. The Bertz CT molecular complexity index is 326. The molecule has 2 rings (SSSR count). The molecule has 2 fully saturated rings. The molecule has 1 saturated heterocycles. The molecule has 0 bridgehead atoms. The second-order valence-electron chi connectivity index (χ2n) is 7.09. The van der Waals surface area contributed by atoms with Crippen LogP contribution in [0.15, 0.2) is 0 Å². The van der Waals surface area contributed by atoms with E-state index in [1.54, 1.807) is 0 Å². The van der Waals surface area contributed by atoms with Gasteiger partial charge in [-0.2, -0.15) is 0 Å². The van der Waals surface area contributed by atoms with Crippen LogP contribution in [-0.4, -0.2) is 55.0 Å². The molecule has 1 heterocycles. The van der Waals surface area contributed by atoms with Gasteiger partial charge in [-0.15, -0.1) is 0 Å². The van der Waals surface area contributed by atoms with Gasteiger partial charge in [0.15, 0.2) is 0 Å². The van der Waals surface area contributed by atoms with Crippen LogP contribution in [0.5, 0.6) is 0 Å². The van der Waals surface area contributed by atoms with Gasteiger partial charge in [-0.25, -0.2) is 0 Å². The molecule has 2 unspecified atom stereocenters. The van der Waals surface area contributed by atoms with Crippen LogP contribution in [0.4, 0.5) is 0 Å². The fraction of sp³-hybridized carbons (Fsp3) is 0.941. The van der Waals surface area contributed by atoms with Crippen molar-refractivity contribution in [2.75, 3.05) is 33.2 Å². The maximum atomic E-state index is 12.5. The molecule has 1 amide bonds. The number of carbonyl (C=O) groups excluding carboxylic acids is 1. The number of rotatable bonds is 6. The summed E-state index contributed by atoms with van der Waals surface area (Å²) in [6.07, 6.45) is 8.01. The molecule has 122 valence electrons. The summed E-state index contributed by atoms with van der Waals surface area (Å²) in [5.41, 5.74) is 6.07. The fourth-order valence-corrected chi connectivity index (χ4v) is 3.83. The van der Waals surface area contributed by atoms with Crippen molar-refractivity contribution in [1.29, 1.82) is 0 Å². The summed E-state index contributed by atoms with van der Waals surface area (Å²) in [4.78, 5) is 17.1. The Balaban J connectivity index is 1.71. The molecular weight excluding hydrogens is 262 g/mol. The van der Waals surface area contributed by atoms with Gasteiger partial charge >= 0.3 is 0 Å². The summed E-state index contributed by atoms with van der Waals surface area (Å²) in [5, 5.41) is 0. The predicted molar refractivity (Wildman–Crippen MR) is 87.0 cm³/mol. The molecule has 1 aliphatic carbocycles. The van der Waals surface area contributed by atoms with Crippen molar-refractivity contribution in [3.63, 3.8) is 0 Å². The van der Waals surface area contributed by atoms with Crippen molar-refractivity contribution in [3.8, 4) is 0 Å². The van der Waals surface area contributed by atoms with Crippen molar-refractivity contribution in [2.24, 2.45) is 17.6 Å².